The summed E-state index contributed by atoms with van der Waals surface area (Å²) in [6, 6.07) is 5.47. The van der Waals surface area contributed by atoms with E-state index in [0.29, 0.717) is 5.65 Å². The molecule has 2 aromatic heterocycles. The van der Waals surface area contributed by atoms with Crippen LogP contribution in [0.4, 0.5) is 0 Å². The topological polar surface area (TPSA) is 83.7 Å². The zero-order chi connectivity index (χ0) is 15.8. The molecule has 112 valence electrons. The molecule has 0 saturated heterocycles. The van der Waals surface area contributed by atoms with Gasteiger partial charge >= 0.3 is 5.97 Å². The first kappa shape index (κ1) is 15.0. The number of nitrogens with one attached hydrogen (secondary N) is 1. The lowest BCUT2D eigenvalue weighted by molar-refractivity contribution is -0.150. The summed E-state index contributed by atoms with van der Waals surface area (Å²) in [6.07, 6.45) is 3.42. The van der Waals surface area contributed by atoms with Crippen LogP contribution in [0.5, 0.6) is 0 Å². The summed E-state index contributed by atoms with van der Waals surface area (Å²) in [7, 11) is 0. The summed E-state index contributed by atoms with van der Waals surface area (Å²) in [5, 5.41) is 12.1. The Labute approximate surface area is 122 Å². The summed E-state index contributed by atoms with van der Waals surface area (Å²) in [4.78, 5) is 27.9. The first-order valence-corrected chi connectivity index (χ1v) is 6.65. The number of hydrogen-bond donors (Lipinski definition) is 2. The van der Waals surface area contributed by atoms with Crippen molar-refractivity contribution in [3.05, 3.63) is 36.3 Å². The summed E-state index contributed by atoms with van der Waals surface area (Å²) in [5.74, 6) is -1.36. The molecule has 2 heterocycles. The fraction of sp³-hybridized carbons (Fsp3) is 0.400. The third kappa shape index (κ3) is 2.61. The van der Waals surface area contributed by atoms with Gasteiger partial charge in [-0.15, -0.1) is 0 Å². The van der Waals surface area contributed by atoms with Gasteiger partial charge in [-0.2, -0.15) is 0 Å². The smallest absolute Gasteiger partial charge is 0.311 e. The molecular weight excluding hydrogens is 270 g/mol. The Morgan fingerprint density at radius 3 is 2.48 bits per heavy atom. The monoisotopic (exact) mass is 289 g/mol. The van der Waals surface area contributed by atoms with E-state index in [1.54, 1.807) is 50.6 Å². The lowest BCUT2D eigenvalue weighted by Crippen LogP contribution is -2.57. The fourth-order valence-corrected chi connectivity index (χ4v) is 1.82. The number of rotatable bonds is 4. The van der Waals surface area contributed by atoms with Crippen LogP contribution in [0.15, 0.2) is 30.6 Å². The highest BCUT2D eigenvalue weighted by atomic mass is 16.4. The van der Waals surface area contributed by atoms with E-state index in [9.17, 15) is 14.7 Å². The molecule has 0 unspecified atom stereocenters. The van der Waals surface area contributed by atoms with E-state index in [1.165, 1.54) is 0 Å². The average molecular weight is 289 g/mol. The van der Waals surface area contributed by atoms with E-state index in [1.807, 2.05) is 12.1 Å². The predicted molar refractivity (Wildman–Crippen MR) is 78.2 cm³/mol. The van der Waals surface area contributed by atoms with Crippen LogP contribution in [0.3, 0.4) is 0 Å². The number of hydrogen-bond acceptors (Lipinski definition) is 3. The molecule has 0 saturated carbocycles. The molecule has 0 aliphatic rings. The van der Waals surface area contributed by atoms with Gasteiger partial charge in [0.1, 0.15) is 11.3 Å². The molecule has 2 rings (SSSR count). The van der Waals surface area contributed by atoms with Crippen LogP contribution >= 0.6 is 0 Å². The van der Waals surface area contributed by atoms with E-state index < -0.39 is 22.8 Å². The van der Waals surface area contributed by atoms with Gasteiger partial charge in [-0.1, -0.05) is 6.07 Å². The molecule has 0 aliphatic carbocycles. The van der Waals surface area contributed by atoms with Crippen molar-refractivity contribution in [1.82, 2.24) is 14.7 Å². The summed E-state index contributed by atoms with van der Waals surface area (Å²) in [6.45, 7) is 6.54. The number of carboxylic acids is 1. The highest BCUT2D eigenvalue weighted by Gasteiger charge is 2.44. The number of aliphatic carboxylic acids is 1. The Morgan fingerprint density at radius 2 is 1.90 bits per heavy atom. The molecule has 21 heavy (non-hydrogen) atoms. The van der Waals surface area contributed by atoms with Crippen LogP contribution in [-0.4, -0.2) is 31.9 Å². The van der Waals surface area contributed by atoms with Crippen LogP contribution in [0.2, 0.25) is 0 Å². The first-order valence-electron chi connectivity index (χ1n) is 6.65. The molecule has 1 amide bonds. The summed E-state index contributed by atoms with van der Waals surface area (Å²) < 4.78 is 1.74. The second-order valence-corrected chi connectivity index (χ2v) is 6.10. The second-order valence-electron chi connectivity index (χ2n) is 6.10. The minimum Gasteiger partial charge on any atom is -0.481 e. The van der Waals surface area contributed by atoms with Gasteiger partial charge in [-0.25, -0.2) is 4.98 Å². The third-order valence-electron chi connectivity index (χ3n) is 4.12. The van der Waals surface area contributed by atoms with E-state index in [4.69, 9.17) is 0 Å². The number of carbonyl (C=O) groups is 2. The number of nitrogens with zero attached hydrogens (tertiary/aromatic N) is 2. The van der Waals surface area contributed by atoms with E-state index in [2.05, 4.69) is 10.3 Å². The molecule has 0 radical (unpaired) electrons. The number of carbonyl (C=O) groups excluding carboxylic acids is 1. The standard InChI is InChI=1S/C15H19N3O3/c1-14(2,13(20)21)15(3,4)17-12(19)10-9-18-8-6-5-7-11(18)16-10/h5-9H,1-4H3,(H,17,19)(H,20,21). The zero-order valence-corrected chi connectivity index (χ0v) is 12.5. The maximum absolute atomic E-state index is 12.3. The molecule has 0 fully saturated rings. The Kier molecular flexibility index (Phi) is 3.49. The van der Waals surface area contributed by atoms with Crippen LogP contribution in [0.1, 0.15) is 38.2 Å². The molecule has 6 heteroatoms. The first-order chi connectivity index (χ1) is 9.65. The van der Waals surface area contributed by atoms with Gasteiger partial charge in [0, 0.05) is 12.4 Å². The molecule has 2 N–H and O–H groups in total. The molecule has 0 spiro atoms. The number of fused-ring (bicyclic) bond motifs is 1. The quantitative estimate of drug-likeness (QED) is 0.901. The van der Waals surface area contributed by atoms with Gasteiger partial charge in [-0.05, 0) is 39.8 Å². The van der Waals surface area contributed by atoms with E-state index in [-0.39, 0.29) is 5.69 Å². The van der Waals surface area contributed by atoms with Crippen LogP contribution in [0.25, 0.3) is 5.65 Å². The van der Waals surface area contributed by atoms with Gasteiger partial charge in [0.2, 0.25) is 0 Å². The highest BCUT2D eigenvalue weighted by Crippen LogP contribution is 2.30. The van der Waals surface area contributed by atoms with Crippen LogP contribution in [-0.2, 0) is 4.79 Å². The van der Waals surface area contributed by atoms with Crippen molar-refractivity contribution < 1.29 is 14.7 Å². The molecular formula is C15H19N3O3. The molecule has 0 aromatic carbocycles. The number of carboxylic acid groups (broad SMARTS) is 1. The number of amides is 1. The largest absolute Gasteiger partial charge is 0.481 e. The van der Waals surface area contributed by atoms with Gasteiger partial charge in [0.05, 0.1) is 11.0 Å². The van der Waals surface area contributed by atoms with Crippen LogP contribution in [0, 0.1) is 5.41 Å². The van der Waals surface area contributed by atoms with Gasteiger partial charge in [-0.3, -0.25) is 9.59 Å². The third-order valence-corrected chi connectivity index (χ3v) is 4.12. The Hall–Kier alpha value is -2.37. The Bertz CT molecular complexity index is 668. The lowest BCUT2D eigenvalue weighted by atomic mass is 9.74. The predicted octanol–water partition coefficient (Wildman–Crippen LogP) is 1.95. The fourth-order valence-electron chi connectivity index (χ4n) is 1.82. The van der Waals surface area contributed by atoms with E-state index >= 15 is 0 Å². The molecule has 0 atom stereocenters. The minimum atomic E-state index is -1.11. The van der Waals surface area contributed by atoms with Crippen molar-refractivity contribution in [2.24, 2.45) is 5.41 Å². The normalized spacial score (nSPS) is 12.4. The minimum absolute atomic E-state index is 0.260. The highest BCUT2D eigenvalue weighted by molar-refractivity contribution is 5.94. The number of aromatic nitrogens is 2. The van der Waals surface area contributed by atoms with Crippen molar-refractivity contribution >= 4 is 17.5 Å². The molecule has 0 aliphatic heterocycles. The summed E-state index contributed by atoms with van der Waals surface area (Å²) in [5.41, 5.74) is -1.11. The molecule has 0 bridgehead atoms. The van der Waals surface area contributed by atoms with Crippen molar-refractivity contribution in [3.8, 4) is 0 Å². The van der Waals surface area contributed by atoms with Crippen molar-refractivity contribution in [1.29, 1.82) is 0 Å². The van der Waals surface area contributed by atoms with Crippen molar-refractivity contribution in [2.75, 3.05) is 0 Å². The number of pyridine rings is 1. The second kappa shape index (κ2) is 4.87. The maximum Gasteiger partial charge on any atom is 0.311 e. The average Bonchev–Trinajstić information content (AvgIpc) is 2.81. The number of imidazole rings is 1. The van der Waals surface area contributed by atoms with Crippen molar-refractivity contribution in [3.63, 3.8) is 0 Å². The van der Waals surface area contributed by atoms with Crippen LogP contribution < -0.4 is 5.32 Å². The van der Waals surface area contributed by atoms with Gasteiger partial charge in [0.15, 0.2) is 0 Å². The van der Waals surface area contributed by atoms with Gasteiger partial charge in [0.25, 0.3) is 5.91 Å². The lowest BCUT2D eigenvalue weighted by Gasteiger charge is -2.38. The summed E-state index contributed by atoms with van der Waals surface area (Å²) >= 11 is 0. The van der Waals surface area contributed by atoms with Gasteiger partial charge < -0.3 is 14.8 Å². The molecule has 2 aromatic rings. The zero-order valence-electron chi connectivity index (χ0n) is 12.5. The van der Waals surface area contributed by atoms with E-state index in [0.717, 1.165) is 0 Å². The Balaban J connectivity index is 2.26. The molecule has 6 nitrogen and oxygen atoms in total. The SMILES string of the molecule is CC(C)(NC(=O)c1cn2ccccc2n1)C(C)(C)C(=O)O. The maximum atomic E-state index is 12.3. The van der Waals surface area contributed by atoms with Crippen molar-refractivity contribution in [2.45, 2.75) is 33.2 Å². The Morgan fingerprint density at radius 1 is 1.24 bits per heavy atom.